The molecule has 0 aliphatic carbocycles. The van der Waals surface area contributed by atoms with Crippen LogP contribution in [-0.2, 0) is 26.7 Å². The number of aromatic nitrogens is 3. The lowest BCUT2D eigenvalue weighted by atomic mass is 10.1. The van der Waals surface area contributed by atoms with Crippen LogP contribution in [0.25, 0.3) is 0 Å². The molecule has 2 N–H and O–H groups in total. The van der Waals surface area contributed by atoms with Gasteiger partial charge in [-0.2, -0.15) is 5.10 Å². The van der Waals surface area contributed by atoms with E-state index in [0.29, 0.717) is 19.7 Å². The van der Waals surface area contributed by atoms with Crippen molar-refractivity contribution in [1.29, 1.82) is 0 Å². The van der Waals surface area contributed by atoms with Crippen LogP contribution in [0, 0.1) is 0 Å². The summed E-state index contributed by atoms with van der Waals surface area (Å²) in [6.07, 6.45) is 1.55. The van der Waals surface area contributed by atoms with Crippen LogP contribution >= 0.6 is 24.0 Å². The molecule has 8 heteroatoms. The maximum atomic E-state index is 5.90. The molecular formula is C21H27IN6O. The van der Waals surface area contributed by atoms with Crippen molar-refractivity contribution in [1.82, 2.24) is 25.4 Å². The predicted octanol–water partition coefficient (Wildman–Crippen LogP) is 3.27. The lowest BCUT2D eigenvalue weighted by Gasteiger charge is -2.13. The SMILES string of the molecule is CCNC(=NCc1ccccc1COc1ccccc1)NCc1ncnn1C.I. The van der Waals surface area contributed by atoms with Crippen LogP contribution in [0.2, 0.25) is 0 Å². The van der Waals surface area contributed by atoms with Crippen molar-refractivity contribution in [3.63, 3.8) is 0 Å². The Kier molecular flexibility index (Phi) is 9.42. The third kappa shape index (κ3) is 7.04. The summed E-state index contributed by atoms with van der Waals surface area (Å²) < 4.78 is 7.64. The average molecular weight is 506 g/mol. The van der Waals surface area contributed by atoms with Gasteiger partial charge in [0.15, 0.2) is 5.96 Å². The minimum atomic E-state index is 0. The smallest absolute Gasteiger partial charge is 0.191 e. The van der Waals surface area contributed by atoms with Gasteiger partial charge in [-0.1, -0.05) is 42.5 Å². The van der Waals surface area contributed by atoms with E-state index in [1.807, 2.05) is 56.4 Å². The Hall–Kier alpha value is -2.62. The highest BCUT2D eigenvalue weighted by molar-refractivity contribution is 14.0. The normalized spacial score (nSPS) is 10.9. The number of aryl methyl sites for hydroxylation is 1. The van der Waals surface area contributed by atoms with Crippen molar-refractivity contribution in [2.24, 2.45) is 12.0 Å². The van der Waals surface area contributed by atoms with Crippen LogP contribution in [0.15, 0.2) is 65.9 Å². The summed E-state index contributed by atoms with van der Waals surface area (Å²) in [7, 11) is 1.87. The molecule has 0 unspecified atom stereocenters. The second kappa shape index (κ2) is 12.1. The van der Waals surface area contributed by atoms with Crippen molar-refractivity contribution in [2.45, 2.75) is 26.6 Å². The molecule has 3 rings (SSSR count). The van der Waals surface area contributed by atoms with Gasteiger partial charge < -0.3 is 15.4 Å². The van der Waals surface area contributed by atoms with E-state index >= 15 is 0 Å². The van der Waals surface area contributed by atoms with Crippen molar-refractivity contribution in [3.05, 3.63) is 77.9 Å². The van der Waals surface area contributed by atoms with Gasteiger partial charge in [-0.3, -0.25) is 4.68 Å². The maximum absolute atomic E-state index is 5.90. The summed E-state index contributed by atoms with van der Waals surface area (Å²) in [4.78, 5) is 8.93. The molecule has 7 nitrogen and oxygen atoms in total. The van der Waals surface area contributed by atoms with E-state index in [1.165, 1.54) is 0 Å². The second-order valence-corrected chi connectivity index (χ2v) is 6.22. The van der Waals surface area contributed by atoms with Crippen molar-refractivity contribution < 1.29 is 4.74 Å². The molecule has 1 heterocycles. The van der Waals surface area contributed by atoms with Gasteiger partial charge in [0, 0.05) is 13.6 Å². The number of rotatable bonds is 8. The summed E-state index contributed by atoms with van der Waals surface area (Å²) >= 11 is 0. The fraction of sp³-hybridized carbons (Fsp3) is 0.286. The Morgan fingerprint density at radius 3 is 2.45 bits per heavy atom. The van der Waals surface area contributed by atoms with Crippen molar-refractivity contribution in [2.75, 3.05) is 6.54 Å². The molecule has 1 aromatic heterocycles. The number of aliphatic imine (C=N–C) groups is 1. The third-order valence-corrected chi connectivity index (χ3v) is 4.23. The largest absolute Gasteiger partial charge is 0.489 e. The molecule has 3 aromatic rings. The number of nitrogens with zero attached hydrogens (tertiary/aromatic N) is 4. The Morgan fingerprint density at radius 2 is 1.76 bits per heavy atom. The molecule has 0 atom stereocenters. The van der Waals surface area contributed by atoms with Gasteiger partial charge in [0.05, 0.1) is 13.1 Å². The first-order chi connectivity index (χ1) is 13.8. The van der Waals surface area contributed by atoms with Gasteiger partial charge in [0.2, 0.25) is 0 Å². The van der Waals surface area contributed by atoms with E-state index in [2.05, 4.69) is 32.8 Å². The van der Waals surface area contributed by atoms with E-state index < -0.39 is 0 Å². The Labute approximate surface area is 188 Å². The minimum absolute atomic E-state index is 0. The maximum Gasteiger partial charge on any atom is 0.191 e. The molecule has 154 valence electrons. The number of ether oxygens (including phenoxy) is 1. The van der Waals surface area contributed by atoms with E-state index in [-0.39, 0.29) is 24.0 Å². The predicted molar refractivity (Wildman–Crippen MR) is 125 cm³/mol. The number of benzene rings is 2. The second-order valence-electron chi connectivity index (χ2n) is 6.22. The van der Waals surface area contributed by atoms with Crippen LogP contribution in [-0.4, -0.2) is 27.3 Å². The van der Waals surface area contributed by atoms with E-state index in [0.717, 1.165) is 35.2 Å². The fourth-order valence-corrected chi connectivity index (χ4v) is 2.68. The lowest BCUT2D eigenvalue weighted by Crippen LogP contribution is -2.37. The van der Waals surface area contributed by atoms with Gasteiger partial charge >= 0.3 is 0 Å². The fourth-order valence-electron chi connectivity index (χ4n) is 2.68. The van der Waals surface area contributed by atoms with Gasteiger partial charge in [0.25, 0.3) is 0 Å². The first-order valence-electron chi connectivity index (χ1n) is 9.36. The zero-order valence-corrected chi connectivity index (χ0v) is 19.0. The standard InChI is InChI=1S/C21H26N6O.HI/c1-3-22-21(24-14-20-25-16-26-27(20)2)23-13-17-9-7-8-10-18(17)15-28-19-11-5-4-6-12-19;/h4-12,16H,3,13-15H2,1-2H3,(H2,22,23,24);1H. The van der Waals surface area contributed by atoms with Crippen LogP contribution in [0.1, 0.15) is 23.9 Å². The van der Waals surface area contributed by atoms with Gasteiger partial charge in [-0.15, -0.1) is 24.0 Å². The number of hydrogen-bond donors (Lipinski definition) is 2. The summed E-state index contributed by atoms with van der Waals surface area (Å²) in [5.74, 6) is 2.45. The Balaban J connectivity index is 0.00000300. The number of hydrogen-bond acceptors (Lipinski definition) is 4. The highest BCUT2D eigenvalue weighted by Crippen LogP contribution is 2.15. The van der Waals surface area contributed by atoms with E-state index in [9.17, 15) is 0 Å². The number of halogens is 1. The van der Waals surface area contributed by atoms with Crippen LogP contribution in [0.5, 0.6) is 5.75 Å². The molecule has 0 spiro atoms. The lowest BCUT2D eigenvalue weighted by molar-refractivity contribution is 0.305. The summed E-state index contributed by atoms with van der Waals surface area (Å²) in [5.41, 5.74) is 2.26. The van der Waals surface area contributed by atoms with Crippen molar-refractivity contribution in [3.8, 4) is 5.75 Å². The first-order valence-corrected chi connectivity index (χ1v) is 9.36. The topological polar surface area (TPSA) is 76.4 Å². The molecule has 0 aliphatic rings. The van der Waals surface area contributed by atoms with Gasteiger partial charge in [0.1, 0.15) is 24.5 Å². The quantitative estimate of drug-likeness (QED) is 0.279. The molecule has 0 saturated heterocycles. The molecular weight excluding hydrogens is 479 g/mol. The summed E-state index contributed by atoms with van der Waals surface area (Å²) in [5, 5.41) is 10.6. The van der Waals surface area contributed by atoms with Crippen LogP contribution in [0.3, 0.4) is 0 Å². The van der Waals surface area contributed by atoms with Crippen LogP contribution < -0.4 is 15.4 Å². The number of nitrogens with one attached hydrogen (secondary N) is 2. The highest BCUT2D eigenvalue weighted by Gasteiger charge is 2.05. The molecule has 0 fully saturated rings. The zero-order chi connectivity index (χ0) is 19.6. The van der Waals surface area contributed by atoms with E-state index in [4.69, 9.17) is 9.73 Å². The molecule has 2 aromatic carbocycles. The van der Waals surface area contributed by atoms with Gasteiger partial charge in [-0.05, 0) is 30.2 Å². The van der Waals surface area contributed by atoms with E-state index in [1.54, 1.807) is 11.0 Å². The third-order valence-electron chi connectivity index (χ3n) is 4.23. The molecule has 29 heavy (non-hydrogen) atoms. The number of para-hydroxylation sites is 1. The zero-order valence-electron chi connectivity index (χ0n) is 16.7. The minimum Gasteiger partial charge on any atom is -0.489 e. The molecule has 0 aliphatic heterocycles. The molecule has 0 saturated carbocycles. The Bertz CT molecular complexity index is 897. The summed E-state index contributed by atoms with van der Waals surface area (Å²) in [6.45, 7) is 4.45. The van der Waals surface area contributed by atoms with Gasteiger partial charge in [-0.25, -0.2) is 9.98 Å². The van der Waals surface area contributed by atoms with Crippen molar-refractivity contribution >= 4 is 29.9 Å². The molecule has 0 bridgehead atoms. The molecule has 0 amide bonds. The summed E-state index contributed by atoms with van der Waals surface area (Å²) in [6, 6.07) is 18.0. The number of guanidine groups is 1. The monoisotopic (exact) mass is 506 g/mol. The Morgan fingerprint density at radius 1 is 1.03 bits per heavy atom. The average Bonchev–Trinajstić information content (AvgIpc) is 3.14. The first kappa shape index (κ1) is 22.7. The molecule has 0 radical (unpaired) electrons. The van der Waals surface area contributed by atoms with Crippen LogP contribution in [0.4, 0.5) is 0 Å². The highest BCUT2D eigenvalue weighted by atomic mass is 127.